The molecule has 1 fully saturated rings. The van der Waals surface area contributed by atoms with Gasteiger partial charge in [-0.25, -0.2) is 0 Å². The third kappa shape index (κ3) is 3.83. The largest absolute Gasteiger partial charge is 0.495 e. The van der Waals surface area contributed by atoms with Crippen LogP contribution in [0.3, 0.4) is 0 Å². The molecule has 0 atom stereocenters. The van der Waals surface area contributed by atoms with Crippen molar-refractivity contribution in [3.8, 4) is 5.75 Å². The van der Waals surface area contributed by atoms with Crippen LogP contribution in [0.2, 0.25) is 10.0 Å². The third-order valence-electron chi connectivity index (χ3n) is 4.00. The first kappa shape index (κ1) is 19.4. The fraction of sp³-hybridized carbons (Fsp3) is 0.105. The van der Waals surface area contributed by atoms with Gasteiger partial charge in [0.1, 0.15) is 11.3 Å². The average molecular weight is 421 g/mol. The second kappa shape index (κ2) is 7.68. The quantitative estimate of drug-likeness (QED) is 0.460. The number of methoxy groups -OCH3 is 1. The highest BCUT2D eigenvalue weighted by atomic mass is 35.5. The van der Waals surface area contributed by atoms with E-state index in [1.54, 1.807) is 36.4 Å². The van der Waals surface area contributed by atoms with Crippen LogP contribution in [-0.4, -0.2) is 24.0 Å². The zero-order valence-electron chi connectivity index (χ0n) is 14.4. The second-order valence-electron chi connectivity index (χ2n) is 5.79. The molecule has 1 heterocycles. The molecule has 2 amide bonds. The Morgan fingerprint density at radius 2 is 1.85 bits per heavy atom. The minimum atomic E-state index is -0.577. The molecule has 0 aromatic heterocycles. The van der Waals surface area contributed by atoms with Crippen molar-refractivity contribution in [2.75, 3.05) is 12.0 Å². The Morgan fingerprint density at radius 1 is 1.11 bits per heavy atom. The molecule has 2 aromatic carbocycles. The van der Waals surface area contributed by atoms with Crippen LogP contribution in [0, 0.1) is 6.92 Å². The molecule has 0 saturated carbocycles. The summed E-state index contributed by atoms with van der Waals surface area (Å²) >= 11 is 17.4. The molecule has 0 radical (unpaired) electrons. The molecular weight excluding hydrogens is 407 g/mol. The molecule has 1 aliphatic heterocycles. The number of rotatable bonds is 3. The number of thiocarbonyl (C=S) groups is 1. The monoisotopic (exact) mass is 420 g/mol. The molecule has 1 N–H and O–H groups in total. The minimum Gasteiger partial charge on any atom is -0.495 e. The first-order valence-corrected chi connectivity index (χ1v) is 8.99. The van der Waals surface area contributed by atoms with Crippen LogP contribution in [0.25, 0.3) is 6.08 Å². The molecule has 1 aliphatic rings. The summed E-state index contributed by atoms with van der Waals surface area (Å²) in [6, 6.07) is 10.1. The van der Waals surface area contributed by atoms with Gasteiger partial charge in [-0.3, -0.25) is 19.8 Å². The first-order valence-electron chi connectivity index (χ1n) is 7.83. The van der Waals surface area contributed by atoms with E-state index in [0.29, 0.717) is 27.0 Å². The molecule has 2 aromatic rings. The number of anilines is 1. The molecule has 1 saturated heterocycles. The maximum atomic E-state index is 13.0. The highest BCUT2D eigenvalue weighted by Crippen LogP contribution is 2.29. The smallest absolute Gasteiger partial charge is 0.270 e. The number of halogens is 2. The SMILES string of the molecule is COc1ccc(/C=C2\C(=O)NC(=S)N(c3ccc(C)c(Cl)c3)C2=O)cc1Cl. The van der Waals surface area contributed by atoms with Gasteiger partial charge in [0.15, 0.2) is 5.11 Å². The number of nitrogens with zero attached hydrogens (tertiary/aromatic N) is 1. The summed E-state index contributed by atoms with van der Waals surface area (Å²) in [5.41, 5.74) is 1.85. The Balaban J connectivity index is 2.01. The maximum Gasteiger partial charge on any atom is 0.270 e. The summed E-state index contributed by atoms with van der Waals surface area (Å²) in [6.07, 6.45) is 1.45. The highest BCUT2D eigenvalue weighted by molar-refractivity contribution is 7.80. The van der Waals surface area contributed by atoms with Crippen LogP contribution in [0.15, 0.2) is 42.0 Å². The Labute approximate surface area is 171 Å². The minimum absolute atomic E-state index is 0.00478. The van der Waals surface area contributed by atoms with Crippen molar-refractivity contribution in [2.45, 2.75) is 6.92 Å². The molecular formula is C19H14Cl2N2O3S. The zero-order chi connectivity index (χ0) is 19.7. The van der Waals surface area contributed by atoms with Crippen LogP contribution in [-0.2, 0) is 9.59 Å². The van der Waals surface area contributed by atoms with Crippen molar-refractivity contribution >= 4 is 64.1 Å². The summed E-state index contributed by atoms with van der Waals surface area (Å²) in [5.74, 6) is -0.627. The standard InChI is InChI=1S/C19H14Cl2N2O3S/c1-10-3-5-12(9-14(10)20)23-18(25)13(17(24)22-19(23)27)7-11-4-6-16(26-2)15(21)8-11/h3-9H,1-2H3,(H,22,24,27)/b13-7+. The predicted molar refractivity (Wildman–Crippen MR) is 110 cm³/mol. The van der Waals surface area contributed by atoms with E-state index in [1.165, 1.54) is 18.1 Å². The van der Waals surface area contributed by atoms with Gasteiger partial charge in [0.25, 0.3) is 11.8 Å². The van der Waals surface area contributed by atoms with Crippen LogP contribution in [0.1, 0.15) is 11.1 Å². The Bertz CT molecular complexity index is 1000. The van der Waals surface area contributed by atoms with Gasteiger partial charge in [-0.2, -0.15) is 0 Å². The fourth-order valence-electron chi connectivity index (χ4n) is 2.55. The van der Waals surface area contributed by atoms with Crippen LogP contribution < -0.4 is 15.0 Å². The van der Waals surface area contributed by atoms with Gasteiger partial charge in [-0.15, -0.1) is 0 Å². The fourth-order valence-corrected chi connectivity index (χ4v) is 3.27. The van der Waals surface area contributed by atoms with E-state index in [4.69, 9.17) is 40.2 Å². The van der Waals surface area contributed by atoms with Crippen molar-refractivity contribution in [3.63, 3.8) is 0 Å². The molecule has 5 nitrogen and oxygen atoms in total. The Morgan fingerprint density at radius 3 is 2.48 bits per heavy atom. The lowest BCUT2D eigenvalue weighted by Crippen LogP contribution is -2.54. The van der Waals surface area contributed by atoms with Gasteiger partial charge in [0.05, 0.1) is 17.8 Å². The predicted octanol–water partition coefficient (Wildman–Crippen LogP) is 4.14. The number of carbonyl (C=O) groups is 2. The molecule has 0 spiro atoms. The molecule has 138 valence electrons. The number of ether oxygens (including phenoxy) is 1. The summed E-state index contributed by atoms with van der Waals surface area (Å²) in [4.78, 5) is 26.5. The lowest BCUT2D eigenvalue weighted by atomic mass is 10.1. The second-order valence-corrected chi connectivity index (χ2v) is 6.99. The lowest BCUT2D eigenvalue weighted by Gasteiger charge is -2.29. The molecule has 0 unspecified atom stereocenters. The Kier molecular flexibility index (Phi) is 5.51. The van der Waals surface area contributed by atoms with Crippen LogP contribution in [0.4, 0.5) is 5.69 Å². The summed E-state index contributed by atoms with van der Waals surface area (Å²) in [6.45, 7) is 1.85. The molecule has 27 heavy (non-hydrogen) atoms. The van der Waals surface area contributed by atoms with Crippen LogP contribution >= 0.6 is 35.4 Å². The lowest BCUT2D eigenvalue weighted by molar-refractivity contribution is -0.122. The van der Waals surface area contributed by atoms with Gasteiger partial charge < -0.3 is 4.74 Å². The van der Waals surface area contributed by atoms with Crippen molar-refractivity contribution < 1.29 is 14.3 Å². The number of hydrogen-bond acceptors (Lipinski definition) is 4. The number of carbonyl (C=O) groups excluding carboxylic acids is 2. The molecule has 8 heteroatoms. The first-order chi connectivity index (χ1) is 12.8. The average Bonchev–Trinajstić information content (AvgIpc) is 2.61. The number of aryl methyl sites for hydroxylation is 1. The van der Waals surface area contributed by atoms with E-state index >= 15 is 0 Å². The van der Waals surface area contributed by atoms with E-state index in [0.717, 1.165) is 5.56 Å². The van der Waals surface area contributed by atoms with E-state index in [2.05, 4.69) is 5.32 Å². The Hall–Kier alpha value is -2.41. The van der Waals surface area contributed by atoms with Gasteiger partial charge in [0, 0.05) is 5.02 Å². The highest BCUT2D eigenvalue weighted by Gasteiger charge is 2.34. The third-order valence-corrected chi connectivity index (χ3v) is 4.99. The summed E-state index contributed by atoms with van der Waals surface area (Å²) in [7, 11) is 1.50. The molecule has 3 rings (SSSR count). The molecule has 0 bridgehead atoms. The van der Waals surface area contributed by atoms with Crippen molar-refractivity contribution in [1.82, 2.24) is 5.32 Å². The van der Waals surface area contributed by atoms with E-state index in [9.17, 15) is 9.59 Å². The van der Waals surface area contributed by atoms with E-state index in [-0.39, 0.29) is 10.7 Å². The van der Waals surface area contributed by atoms with Gasteiger partial charge >= 0.3 is 0 Å². The van der Waals surface area contributed by atoms with Gasteiger partial charge in [-0.1, -0.05) is 35.3 Å². The maximum absolute atomic E-state index is 13.0. The number of benzene rings is 2. The van der Waals surface area contributed by atoms with Crippen molar-refractivity contribution in [2.24, 2.45) is 0 Å². The summed E-state index contributed by atoms with van der Waals surface area (Å²) < 4.78 is 5.11. The normalized spacial score (nSPS) is 15.9. The molecule has 0 aliphatic carbocycles. The number of hydrogen-bond donors (Lipinski definition) is 1. The van der Waals surface area contributed by atoms with Gasteiger partial charge in [-0.05, 0) is 60.6 Å². The topological polar surface area (TPSA) is 58.6 Å². The number of nitrogens with one attached hydrogen (secondary N) is 1. The van der Waals surface area contributed by atoms with Crippen molar-refractivity contribution in [3.05, 3.63) is 63.1 Å². The van der Waals surface area contributed by atoms with Gasteiger partial charge in [0.2, 0.25) is 0 Å². The van der Waals surface area contributed by atoms with E-state index < -0.39 is 11.8 Å². The summed E-state index contributed by atoms with van der Waals surface area (Å²) in [5, 5.41) is 3.39. The van der Waals surface area contributed by atoms with E-state index in [1.807, 2.05) is 6.92 Å². The van der Waals surface area contributed by atoms with Crippen molar-refractivity contribution in [1.29, 1.82) is 0 Å². The van der Waals surface area contributed by atoms with Crippen LogP contribution in [0.5, 0.6) is 5.75 Å². The zero-order valence-corrected chi connectivity index (χ0v) is 16.7. The number of amides is 2.